The van der Waals surface area contributed by atoms with Gasteiger partial charge in [0.1, 0.15) is 0 Å². The average Bonchev–Trinajstić information content (AvgIpc) is 1.73. The molecule has 0 atom stereocenters. The molecule has 1 aliphatic carbocycles. The molecule has 12 heavy (non-hydrogen) atoms. The van der Waals surface area contributed by atoms with Crippen LogP contribution < -0.4 is 5.14 Å². The molecule has 0 spiro atoms. The second kappa shape index (κ2) is 3.32. The van der Waals surface area contributed by atoms with Gasteiger partial charge in [0, 0.05) is 12.1 Å². The lowest BCUT2D eigenvalue weighted by Gasteiger charge is -2.37. The van der Waals surface area contributed by atoms with Crippen molar-refractivity contribution in [3.05, 3.63) is 0 Å². The first kappa shape index (κ1) is 9.95. The Morgan fingerprint density at radius 3 is 2.00 bits per heavy atom. The van der Waals surface area contributed by atoms with E-state index in [-0.39, 0.29) is 12.1 Å². The minimum Gasteiger partial charge on any atom is -0.216 e. The minimum absolute atomic E-state index is 0.0229. The summed E-state index contributed by atoms with van der Waals surface area (Å²) in [6.45, 7) is 3.70. The van der Waals surface area contributed by atoms with Crippen LogP contribution in [-0.2, 0) is 10.2 Å². The van der Waals surface area contributed by atoms with Crippen LogP contribution in [0.2, 0.25) is 0 Å². The van der Waals surface area contributed by atoms with Gasteiger partial charge in [-0.15, -0.1) is 0 Å². The molecule has 1 saturated carbocycles. The van der Waals surface area contributed by atoms with Crippen LogP contribution in [0.5, 0.6) is 0 Å². The maximum Gasteiger partial charge on any atom is 0.277 e. The summed E-state index contributed by atoms with van der Waals surface area (Å²) in [4.78, 5) is 0. The van der Waals surface area contributed by atoms with Crippen LogP contribution in [0.4, 0.5) is 0 Å². The van der Waals surface area contributed by atoms with Gasteiger partial charge < -0.3 is 0 Å². The maximum atomic E-state index is 11.1. The van der Waals surface area contributed by atoms with E-state index >= 15 is 0 Å². The van der Waals surface area contributed by atoms with E-state index in [4.69, 9.17) is 5.14 Å². The van der Waals surface area contributed by atoms with Gasteiger partial charge in [0.05, 0.1) is 0 Å². The highest BCUT2D eigenvalue weighted by Gasteiger charge is 2.33. The highest BCUT2D eigenvalue weighted by atomic mass is 32.2. The summed E-state index contributed by atoms with van der Waals surface area (Å²) in [7, 11) is -3.49. The molecule has 2 N–H and O–H groups in total. The van der Waals surface area contributed by atoms with Crippen molar-refractivity contribution in [3.63, 3.8) is 0 Å². The molecule has 1 aliphatic rings. The fourth-order valence-electron chi connectivity index (χ4n) is 1.56. The molecule has 0 aromatic carbocycles. The predicted octanol–water partition coefficient (Wildman–Crippen LogP) is 0.453. The third-order valence-electron chi connectivity index (χ3n) is 2.24. The van der Waals surface area contributed by atoms with E-state index in [1.165, 1.54) is 4.31 Å². The molecule has 4 nitrogen and oxygen atoms in total. The summed E-state index contributed by atoms with van der Waals surface area (Å²) in [5, 5.41) is 5.09. The van der Waals surface area contributed by atoms with Crippen molar-refractivity contribution in [1.82, 2.24) is 4.31 Å². The highest BCUT2D eigenvalue weighted by molar-refractivity contribution is 7.86. The fourth-order valence-corrected chi connectivity index (χ4v) is 2.78. The largest absolute Gasteiger partial charge is 0.277 e. The third kappa shape index (κ3) is 1.97. The number of hydrogen-bond donors (Lipinski definition) is 1. The zero-order valence-electron chi connectivity index (χ0n) is 7.53. The Morgan fingerprint density at radius 1 is 1.42 bits per heavy atom. The van der Waals surface area contributed by atoms with Gasteiger partial charge in [-0.1, -0.05) is 6.42 Å². The van der Waals surface area contributed by atoms with Crippen LogP contribution in [0.15, 0.2) is 0 Å². The first-order valence-electron chi connectivity index (χ1n) is 4.24. The SMILES string of the molecule is CC(C)N(C1CCC1)S(N)(=O)=O. The quantitative estimate of drug-likeness (QED) is 0.705. The van der Waals surface area contributed by atoms with Crippen molar-refractivity contribution < 1.29 is 8.42 Å². The summed E-state index contributed by atoms with van der Waals surface area (Å²) in [6, 6.07) is 0.130. The minimum atomic E-state index is -3.49. The topological polar surface area (TPSA) is 63.4 Å². The smallest absolute Gasteiger partial charge is 0.216 e. The Morgan fingerprint density at radius 2 is 1.92 bits per heavy atom. The molecule has 0 aliphatic heterocycles. The van der Waals surface area contributed by atoms with E-state index in [1.807, 2.05) is 13.8 Å². The molecule has 72 valence electrons. The molecule has 0 aromatic heterocycles. The number of rotatable bonds is 3. The molecule has 0 amide bonds. The van der Waals surface area contributed by atoms with Gasteiger partial charge in [0.15, 0.2) is 0 Å². The van der Waals surface area contributed by atoms with E-state index in [1.54, 1.807) is 0 Å². The average molecular weight is 192 g/mol. The molecule has 5 heteroatoms. The summed E-state index contributed by atoms with van der Waals surface area (Å²) in [5.41, 5.74) is 0. The number of hydrogen-bond acceptors (Lipinski definition) is 2. The fraction of sp³-hybridized carbons (Fsp3) is 1.00. The van der Waals surface area contributed by atoms with Gasteiger partial charge in [0.25, 0.3) is 10.2 Å². The lowest BCUT2D eigenvalue weighted by atomic mass is 9.92. The Labute approximate surface area is 73.9 Å². The first-order chi connectivity index (χ1) is 5.43. The van der Waals surface area contributed by atoms with Crippen LogP contribution in [-0.4, -0.2) is 24.8 Å². The normalized spacial score (nSPS) is 20.1. The zero-order valence-corrected chi connectivity index (χ0v) is 8.34. The Kier molecular flexibility index (Phi) is 2.75. The van der Waals surface area contributed by atoms with E-state index < -0.39 is 10.2 Å². The van der Waals surface area contributed by atoms with Gasteiger partial charge in [0.2, 0.25) is 0 Å². The van der Waals surface area contributed by atoms with Gasteiger partial charge in [-0.05, 0) is 26.7 Å². The van der Waals surface area contributed by atoms with Gasteiger partial charge in [-0.3, -0.25) is 0 Å². The van der Waals surface area contributed by atoms with E-state index in [9.17, 15) is 8.42 Å². The molecule has 0 radical (unpaired) electrons. The van der Waals surface area contributed by atoms with Crippen molar-refractivity contribution in [3.8, 4) is 0 Å². The Bertz CT molecular complexity index is 244. The van der Waals surface area contributed by atoms with Crippen LogP contribution in [0.3, 0.4) is 0 Å². The number of nitrogens with zero attached hydrogens (tertiary/aromatic N) is 1. The van der Waals surface area contributed by atoms with Crippen molar-refractivity contribution in [1.29, 1.82) is 0 Å². The van der Waals surface area contributed by atoms with Crippen LogP contribution in [0.1, 0.15) is 33.1 Å². The molecule has 0 bridgehead atoms. The molecular weight excluding hydrogens is 176 g/mol. The second-order valence-corrected chi connectivity index (χ2v) is 5.00. The van der Waals surface area contributed by atoms with E-state index in [0.29, 0.717) is 0 Å². The van der Waals surface area contributed by atoms with Gasteiger partial charge >= 0.3 is 0 Å². The Balaban J connectivity index is 2.74. The van der Waals surface area contributed by atoms with Crippen LogP contribution in [0, 0.1) is 0 Å². The lowest BCUT2D eigenvalue weighted by molar-refractivity contribution is 0.189. The van der Waals surface area contributed by atoms with Crippen LogP contribution >= 0.6 is 0 Å². The van der Waals surface area contributed by atoms with Crippen molar-refractivity contribution in [2.75, 3.05) is 0 Å². The summed E-state index contributed by atoms with van der Waals surface area (Å²) in [5.74, 6) is 0. The Hall–Kier alpha value is -0.130. The van der Waals surface area contributed by atoms with E-state index in [2.05, 4.69) is 0 Å². The summed E-state index contributed by atoms with van der Waals surface area (Å²) < 4.78 is 23.6. The lowest BCUT2D eigenvalue weighted by Crippen LogP contribution is -2.50. The highest BCUT2D eigenvalue weighted by Crippen LogP contribution is 2.27. The molecule has 1 fully saturated rings. The maximum absolute atomic E-state index is 11.1. The first-order valence-corrected chi connectivity index (χ1v) is 5.74. The summed E-state index contributed by atoms with van der Waals surface area (Å²) >= 11 is 0. The summed E-state index contributed by atoms with van der Waals surface area (Å²) in [6.07, 6.45) is 3.02. The van der Waals surface area contributed by atoms with Crippen molar-refractivity contribution >= 4 is 10.2 Å². The van der Waals surface area contributed by atoms with E-state index in [0.717, 1.165) is 19.3 Å². The molecule has 1 rings (SSSR count). The molecule has 0 heterocycles. The van der Waals surface area contributed by atoms with Crippen LogP contribution in [0.25, 0.3) is 0 Å². The number of nitrogens with two attached hydrogens (primary N) is 1. The molecule has 0 aromatic rings. The third-order valence-corrected chi connectivity index (χ3v) is 3.54. The van der Waals surface area contributed by atoms with Crippen molar-refractivity contribution in [2.45, 2.75) is 45.2 Å². The van der Waals surface area contributed by atoms with Gasteiger partial charge in [-0.2, -0.15) is 12.7 Å². The predicted molar refractivity (Wildman–Crippen MR) is 47.7 cm³/mol. The second-order valence-electron chi connectivity index (χ2n) is 3.55. The monoisotopic (exact) mass is 192 g/mol. The zero-order chi connectivity index (χ0) is 9.35. The molecular formula is C7H16N2O2S. The molecule has 0 saturated heterocycles. The van der Waals surface area contributed by atoms with Crippen molar-refractivity contribution in [2.24, 2.45) is 5.14 Å². The standard InChI is InChI=1S/C7H16N2O2S/c1-6(2)9(12(8,10)11)7-4-3-5-7/h6-7H,3-5H2,1-2H3,(H2,8,10,11). The molecule has 0 unspecified atom stereocenters. The van der Waals surface area contributed by atoms with Gasteiger partial charge in [-0.25, -0.2) is 5.14 Å².